The third kappa shape index (κ3) is 4.03. The highest BCUT2D eigenvalue weighted by atomic mass is 35.5. The Hall–Kier alpha value is -3.30. The predicted octanol–water partition coefficient (Wildman–Crippen LogP) is 4.06. The molecule has 0 bridgehead atoms. The van der Waals surface area contributed by atoms with Crippen molar-refractivity contribution in [1.82, 2.24) is 9.30 Å². The first-order chi connectivity index (χ1) is 14.6. The summed E-state index contributed by atoms with van der Waals surface area (Å²) in [7, 11) is 0. The lowest BCUT2D eigenvalue weighted by Gasteiger charge is -2.31. The lowest BCUT2D eigenvalue weighted by molar-refractivity contribution is -0.151. The average molecular weight is 422 g/mol. The summed E-state index contributed by atoms with van der Waals surface area (Å²) in [5.41, 5.74) is 2.59. The molecular formula is C23H20ClN3O3. The van der Waals surface area contributed by atoms with Crippen molar-refractivity contribution in [3.05, 3.63) is 76.6 Å². The number of pyridine rings is 1. The first kappa shape index (κ1) is 20.0. The van der Waals surface area contributed by atoms with E-state index in [0.29, 0.717) is 47.6 Å². The van der Waals surface area contributed by atoms with Crippen LogP contribution in [0, 0.1) is 17.2 Å². The number of esters is 1. The van der Waals surface area contributed by atoms with Crippen molar-refractivity contribution < 1.29 is 14.3 Å². The quantitative estimate of drug-likeness (QED) is 0.595. The number of amides is 1. The zero-order valence-corrected chi connectivity index (χ0v) is 17.0. The molecule has 0 atom stereocenters. The fourth-order valence-corrected chi connectivity index (χ4v) is 3.90. The van der Waals surface area contributed by atoms with Crippen molar-refractivity contribution in [2.24, 2.45) is 5.92 Å². The van der Waals surface area contributed by atoms with Crippen molar-refractivity contribution in [3.63, 3.8) is 0 Å². The van der Waals surface area contributed by atoms with Gasteiger partial charge in [-0.05, 0) is 49.2 Å². The molecule has 0 spiro atoms. The molecule has 0 saturated carbocycles. The number of nitrogens with zero attached hydrogens (tertiary/aromatic N) is 3. The van der Waals surface area contributed by atoms with E-state index in [1.807, 2.05) is 35.0 Å². The number of hydrogen-bond donors (Lipinski definition) is 0. The van der Waals surface area contributed by atoms with Crippen molar-refractivity contribution in [1.29, 1.82) is 5.26 Å². The Morgan fingerprint density at radius 2 is 1.87 bits per heavy atom. The molecule has 0 radical (unpaired) electrons. The fraction of sp³-hybridized carbons (Fsp3) is 0.261. The van der Waals surface area contributed by atoms with Crippen molar-refractivity contribution in [2.75, 3.05) is 13.1 Å². The summed E-state index contributed by atoms with van der Waals surface area (Å²) in [4.78, 5) is 26.9. The van der Waals surface area contributed by atoms with Crippen molar-refractivity contribution in [3.8, 4) is 6.07 Å². The number of nitriles is 1. The van der Waals surface area contributed by atoms with Gasteiger partial charge in [-0.1, -0.05) is 17.7 Å². The molecule has 1 saturated heterocycles. The number of carbonyl (C=O) groups excluding carboxylic acids is 2. The number of aromatic nitrogens is 1. The topological polar surface area (TPSA) is 74.8 Å². The summed E-state index contributed by atoms with van der Waals surface area (Å²) in [5.74, 6) is -0.591. The van der Waals surface area contributed by atoms with E-state index in [9.17, 15) is 14.9 Å². The van der Waals surface area contributed by atoms with Gasteiger partial charge in [0.25, 0.3) is 5.91 Å². The maximum absolute atomic E-state index is 12.6. The van der Waals surface area contributed by atoms with Crippen LogP contribution in [0.3, 0.4) is 0 Å². The number of ether oxygens (including phenoxy) is 1. The molecule has 3 heterocycles. The van der Waals surface area contributed by atoms with Gasteiger partial charge >= 0.3 is 5.97 Å². The normalized spacial score (nSPS) is 14.5. The minimum atomic E-state index is -0.285. The van der Waals surface area contributed by atoms with E-state index in [1.165, 1.54) is 0 Å². The molecule has 0 N–H and O–H groups in total. The molecule has 1 aromatic carbocycles. The Morgan fingerprint density at radius 1 is 1.13 bits per heavy atom. The van der Waals surface area contributed by atoms with E-state index >= 15 is 0 Å². The van der Waals surface area contributed by atoms with Gasteiger partial charge in [-0.25, -0.2) is 0 Å². The number of carbonyl (C=O) groups is 2. The summed E-state index contributed by atoms with van der Waals surface area (Å²) >= 11 is 5.88. The largest absolute Gasteiger partial charge is 0.460 e. The Morgan fingerprint density at radius 3 is 2.57 bits per heavy atom. The van der Waals surface area contributed by atoms with Crippen LogP contribution in [0.4, 0.5) is 0 Å². The molecular weight excluding hydrogens is 402 g/mol. The molecule has 0 unspecified atom stereocenters. The fourth-order valence-electron chi connectivity index (χ4n) is 3.78. The predicted molar refractivity (Wildman–Crippen MR) is 112 cm³/mol. The molecule has 1 amide bonds. The second kappa shape index (κ2) is 8.60. The Labute approximate surface area is 179 Å². The number of fused-ring (bicyclic) bond motifs is 1. The number of rotatable bonds is 4. The Bertz CT molecular complexity index is 1120. The van der Waals surface area contributed by atoms with Gasteiger partial charge in [0.15, 0.2) is 0 Å². The highest BCUT2D eigenvalue weighted by Gasteiger charge is 2.29. The van der Waals surface area contributed by atoms with Gasteiger partial charge in [0.2, 0.25) is 0 Å². The molecule has 0 aliphatic carbocycles. The first-order valence-corrected chi connectivity index (χ1v) is 10.1. The smallest absolute Gasteiger partial charge is 0.309 e. The number of halogens is 1. The Balaban J connectivity index is 1.33. The number of benzene rings is 1. The molecule has 2 aromatic heterocycles. The van der Waals surface area contributed by atoms with Crippen LogP contribution in [0.5, 0.6) is 0 Å². The van der Waals surface area contributed by atoms with Crippen LogP contribution in [0.15, 0.2) is 54.9 Å². The van der Waals surface area contributed by atoms with E-state index in [4.69, 9.17) is 16.3 Å². The van der Waals surface area contributed by atoms with Crippen LogP contribution in [0.1, 0.15) is 34.3 Å². The van der Waals surface area contributed by atoms with E-state index in [2.05, 4.69) is 6.07 Å². The van der Waals surface area contributed by atoms with Gasteiger partial charge in [-0.2, -0.15) is 5.26 Å². The zero-order valence-electron chi connectivity index (χ0n) is 16.3. The third-order valence-corrected chi connectivity index (χ3v) is 5.70. The van der Waals surface area contributed by atoms with Crippen molar-refractivity contribution >= 4 is 29.0 Å². The minimum absolute atomic E-state index is 0.0577. The average Bonchev–Trinajstić information content (AvgIpc) is 3.15. The summed E-state index contributed by atoms with van der Waals surface area (Å²) in [6, 6.07) is 14.6. The van der Waals surface area contributed by atoms with Crippen LogP contribution in [-0.2, 0) is 16.1 Å². The lowest BCUT2D eigenvalue weighted by Crippen LogP contribution is -2.40. The summed E-state index contributed by atoms with van der Waals surface area (Å²) in [6.07, 6.45) is 4.78. The highest BCUT2D eigenvalue weighted by Crippen LogP contribution is 2.23. The molecule has 6 nitrogen and oxygen atoms in total. The van der Waals surface area contributed by atoms with E-state index in [0.717, 1.165) is 5.52 Å². The van der Waals surface area contributed by atoms with E-state index in [1.54, 1.807) is 29.2 Å². The van der Waals surface area contributed by atoms with E-state index < -0.39 is 0 Å². The van der Waals surface area contributed by atoms with Gasteiger partial charge in [-0.3, -0.25) is 9.59 Å². The zero-order chi connectivity index (χ0) is 21.1. The second-order valence-corrected chi connectivity index (χ2v) is 7.75. The molecule has 152 valence electrons. The van der Waals surface area contributed by atoms with Crippen LogP contribution in [0.2, 0.25) is 5.02 Å². The maximum atomic E-state index is 12.6. The summed E-state index contributed by atoms with van der Waals surface area (Å²) in [6.45, 7) is 1.06. The van der Waals surface area contributed by atoms with Crippen molar-refractivity contribution in [2.45, 2.75) is 19.4 Å². The number of likely N-dealkylation sites (tertiary alicyclic amines) is 1. The SMILES string of the molecule is N#Cc1c(COC(=O)C2CCN(C(=O)c3ccc(Cl)cc3)CC2)cn2ccccc12. The standard InChI is InChI=1S/C23H20ClN3O3/c24-19-6-4-16(5-7-19)22(28)26-11-8-17(9-12-26)23(29)30-15-18-14-27-10-2-1-3-21(27)20(18)13-25/h1-7,10,14,17H,8-9,11-12,15H2. The number of piperidine rings is 1. The molecule has 4 rings (SSSR count). The maximum Gasteiger partial charge on any atom is 0.309 e. The summed E-state index contributed by atoms with van der Waals surface area (Å²) < 4.78 is 7.36. The van der Waals surface area contributed by atoms with Gasteiger partial charge < -0.3 is 14.0 Å². The van der Waals surface area contributed by atoms with Gasteiger partial charge in [-0.15, -0.1) is 0 Å². The molecule has 7 heteroatoms. The number of hydrogen-bond acceptors (Lipinski definition) is 4. The molecule has 30 heavy (non-hydrogen) atoms. The third-order valence-electron chi connectivity index (χ3n) is 5.45. The van der Waals surface area contributed by atoms with Crippen LogP contribution < -0.4 is 0 Å². The molecule has 1 fully saturated rings. The van der Waals surface area contributed by atoms with E-state index in [-0.39, 0.29) is 24.4 Å². The van der Waals surface area contributed by atoms with Crippen LogP contribution in [-0.4, -0.2) is 34.3 Å². The highest BCUT2D eigenvalue weighted by molar-refractivity contribution is 6.30. The first-order valence-electron chi connectivity index (χ1n) is 9.77. The van der Waals surface area contributed by atoms with Gasteiger partial charge in [0, 0.05) is 41.6 Å². The van der Waals surface area contributed by atoms with Crippen LogP contribution >= 0.6 is 11.6 Å². The second-order valence-electron chi connectivity index (χ2n) is 7.32. The summed E-state index contributed by atoms with van der Waals surface area (Å²) in [5, 5.41) is 10.0. The van der Waals surface area contributed by atoms with Gasteiger partial charge in [0.05, 0.1) is 17.0 Å². The molecule has 1 aliphatic rings. The van der Waals surface area contributed by atoms with Crippen LogP contribution in [0.25, 0.3) is 5.52 Å². The van der Waals surface area contributed by atoms with Gasteiger partial charge in [0.1, 0.15) is 12.7 Å². The minimum Gasteiger partial charge on any atom is -0.460 e. The molecule has 3 aromatic rings. The monoisotopic (exact) mass is 421 g/mol. The lowest BCUT2D eigenvalue weighted by atomic mass is 9.96. The molecule has 1 aliphatic heterocycles. The Kier molecular flexibility index (Phi) is 5.73.